The molecule has 0 spiro atoms. The summed E-state index contributed by atoms with van der Waals surface area (Å²) < 4.78 is 10.8. The van der Waals surface area contributed by atoms with Crippen molar-refractivity contribution in [1.82, 2.24) is 0 Å². The third-order valence-electron chi connectivity index (χ3n) is 4.02. The highest BCUT2D eigenvalue weighted by Crippen LogP contribution is 2.63. The molecule has 1 fully saturated rings. The molecule has 142 valence electrons. The zero-order chi connectivity index (χ0) is 19.9. The lowest BCUT2D eigenvalue weighted by atomic mass is 9.98. The Morgan fingerprint density at radius 3 is 1.73 bits per heavy atom. The maximum Gasteiger partial charge on any atom is 0.332 e. The van der Waals surface area contributed by atoms with Gasteiger partial charge in [-0.3, -0.25) is 19.7 Å². The fourth-order valence-electron chi connectivity index (χ4n) is 3.07. The van der Waals surface area contributed by atoms with Gasteiger partial charge in [0, 0.05) is 4.92 Å². The van der Waals surface area contributed by atoms with Crippen LogP contribution in [0.3, 0.4) is 0 Å². The molecule has 0 heterocycles. The smallest absolute Gasteiger partial charge is 0.332 e. The molecule has 0 saturated heterocycles. The molecule has 26 heavy (non-hydrogen) atoms. The minimum Gasteiger partial charge on any atom is -0.459 e. The Morgan fingerprint density at radius 2 is 1.38 bits per heavy atom. The molecule has 7 heteroatoms. The molecule has 1 aliphatic rings. The number of nitro groups is 1. The second-order valence-corrected chi connectivity index (χ2v) is 8.49. The lowest BCUT2D eigenvalue weighted by Crippen LogP contribution is -2.41. The van der Waals surface area contributed by atoms with Crippen molar-refractivity contribution in [3.8, 4) is 0 Å². The largest absolute Gasteiger partial charge is 0.459 e. The second-order valence-electron chi connectivity index (χ2n) is 8.49. The lowest BCUT2D eigenvalue weighted by Gasteiger charge is -2.26. The van der Waals surface area contributed by atoms with E-state index in [4.69, 9.17) is 9.47 Å². The number of carbonyl (C=O) groups is 2. The van der Waals surface area contributed by atoms with Crippen LogP contribution in [-0.2, 0) is 19.1 Å². The average molecular weight is 363 g/mol. The molecule has 1 aromatic rings. The molecule has 0 bridgehead atoms. The van der Waals surface area contributed by atoms with Gasteiger partial charge in [0.05, 0.1) is 5.92 Å². The first-order chi connectivity index (χ1) is 11.8. The molecule has 0 aliphatic heterocycles. The third-order valence-corrected chi connectivity index (χ3v) is 4.02. The fraction of sp³-hybridized carbons (Fsp3) is 0.579. The van der Waals surface area contributed by atoms with Crippen molar-refractivity contribution < 1.29 is 24.0 Å². The first kappa shape index (κ1) is 19.9. The van der Waals surface area contributed by atoms with Crippen molar-refractivity contribution in [3.05, 3.63) is 46.0 Å². The number of rotatable bonds is 4. The summed E-state index contributed by atoms with van der Waals surface area (Å²) in [6.45, 7) is 9.89. The van der Waals surface area contributed by atoms with E-state index >= 15 is 0 Å². The Balaban J connectivity index is 2.54. The minimum atomic E-state index is -1.98. The molecule has 2 atom stereocenters. The van der Waals surface area contributed by atoms with Crippen LogP contribution in [0.5, 0.6) is 0 Å². The topological polar surface area (TPSA) is 95.7 Å². The van der Waals surface area contributed by atoms with E-state index in [1.807, 2.05) is 0 Å². The number of esters is 2. The predicted molar refractivity (Wildman–Crippen MR) is 94.1 cm³/mol. The van der Waals surface area contributed by atoms with E-state index < -0.39 is 45.4 Å². The molecule has 0 amide bonds. The van der Waals surface area contributed by atoms with Gasteiger partial charge in [-0.2, -0.15) is 0 Å². The van der Waals surface area contributed by atoms with E-state index in [0.29, 0.717) is 5.56 Å². The second kappa shape index (κ2) is 6.37. The zero-order valence-corrected chi connectivity index (χ0v) is 15.9. The molecule has 0 unspecified atom stereocenters. The number of benzene rings is 1. The van der Waals surface area contributed by atoms with E-state index in [1.54, 1.807) is 71.9 Å². The van der Waals surface area contributed by atoms with Gasteiger partial charge in [-0.15, -0.1) is 0 Å². The average Bonchev–Trinajstić information content (AvgIpc) is 3.16. The van der Waals surface area contributed by atoms with Crippen LogP contribution in [0.4, 0.5) is 0 Å². The number of ether oxygens (including phenoxy) is 2. The summed E-state index contributed by atoms with van der Waals surface area (Å²) in [4.78, 5) is 37.0. The highest BCUT2D eigenvalue weighted by molar-refractivity contribution is 6.07. The van der Waals surface area contributed by atoms with Gasteiger partial charge in [-0.25, -0.2) is 0 Å². The number of hydrogen-bond acceptors (Lipinski definition) is 6. The summed E-state index contributed by atoms with van der Waals surface area (Å²) in [5.74, 6) is -2.77. The van der Waals surface area contributed by atoms with Gasteiger partial charge in [-0.05, 0) is 47.1 Å². The summed E-state index contributed by atoms with van der Waals surface area (Å²) in [5, 5.41) is 11.7. The number of carbonyl (C=O) groups excluding carboxylic acids is 2. The normalized spacial score (nSPS) is 21.6. The van der Waals surface area contributed by atoms with Gasteiger partial charge in [0.15, 0.2) is 0 Å². The van der Waals surface area contributed by atoms with Crippen molar-refractivity contribution in [2.75, 3.05) is 0 Å². The molecule has 1 aromatic carbocycles. The van der Waals surface area contributed by atoms with E-state index in [0.717, 1.165) is 0 Å². The highest BCUT2D eigenvalue weighted by Gasteiger charge is 2.85. The molecular formula is C19H25NO6. The molecule has 7 nitrogen and oxygen atoms in total. The first-order valence-corrected chi connectivity index (χ1v) is 8.46. The standard InChI is InChI=1S/C19H25NO6/c1-17(2,3)25-15(21)19(16(22)26-18(4,5)6)13(14(19)20(23)24)12-10-8-7-9-11-12/h7-11,13-14H,1-6H3/t13-,14-/m1/s1. The number of nitrogens with zero attached hydrogens (tertiary/aromatic N) is 1. The summed E-state index contributed by atoms with van der Waals surface area (Å²) in [7, 11) is 0. The molecule has 1 aliphatic carbocycles. The van der Waals surface area contributed by atoms with Crippen molar-refractivity contribution in [2.45, 2.75) is 64.7 Å². The van der Waals surface area contributed by atoms with Crippen LogP contribution in [0, 0.1) is 15.5 Å². The molecule has 0 aromatic heterocycles. The van der Waals surface area contributed by atoms with Gasteiger partial charge in [0.2, 0.25) is 11.5 Å². The van der Waals surface area contributed by atoms with Crippen LogP contribution >= 0.6 is 0 Å². The van der Waals surface area contributed by atoms with Crippen LogP contribution in [0.25, 0.3) is 0 Å². The molecular weight excluding hydrogens is 338 g/mol. The molecule has 0 N–H and O–H groups in total. The Labute approximate surface area is 152 Å². The summed E-state index contributed by atoms with van der Waals surface area (Å²) in [6.07, 6.45) is 0. The zero-order valence-electron chi connectivity index (χ0n) is 15.9. The van der Waals surface area contributed by atoms with Crippen LogP contribution in [-0.4, -0.2) is 34.1 Å². The van der Waals surface area contributed by atoms with Crippen molar-refractivity contribution in [3.63, 3.8) is 0 Å². The van der Waals surface area contributed by atoms with Crippen molar-refractivity contribution in [2.24, 2.45) is 5.41 Å². The third kappa shape index (κ3) is 3.71. The fourth-order valence-corrected chi connectivity index (χ4v) is 3.07. The Morgan fingerprint density at radius 1 is 0.962 bits per heavy atom. The summed E-state index contributed by atoms with van der Waals surface area (Å²) in [6, 6.07) is 7.08. The Hall–Kier alpha value is -2.44. The van der Waals surface area contributed by atoms with Crippen LogP contribution in [0.2, 0.25) is 0 Å². The molecule has 2 rings (SSSR count). The van der Waals surface area contributed by atoms with Gasteiger partial charge in [0.25, 0.3) is 0 Å². The van der Waals surface area contributed by atoms with E-state index in [-0.39, 0.29) is 0 Å². The summed E-state index contributed by atoms with van der Waals surface area (Å²) in [5.41, 5.74) is -3.23. The maximum atomic E-state index is 12.9. The van der Waals surface area contributed by atoms with Gasteiger partial charge < -0.3 is 9.47 Å². The summed E-state index contributed by atoms with van der Waals surface area (Å²) >= 11 is 0. The van der Waals surface area contributed by atoms with Gasteiger partial charge >= 0.3 is 11.9 Å². The molecule has 1 saturated carbocycles. The van der Waals surface area contributed by atoms with Crippen LogP contribution < -0.4 is 0 Å². The van der Waals surface area contributed by atoms with E-state index in [1.165, 1.54) is 0 Å². The van der Waals surface area contributed by atoms with Gasteiger partial charge in [0.1, 0.15) is 11.2 Å². The Bertz CT molecular complexity index is 686. The molecule has 0 radical (unpaired) electrons. The SMILES string of the molecule is CC(C)(C)OC(=O)C1(C(=O)OC(C)(C)C)[C@H](c2ccccc2)[C@H]1[N+](=O)[O-]. The van der Waals surface area contributed by atoms with Crippen molar-refractivity contribution >= 4 is 11.9 Å². The Kier molecular flexibility index (Phi) is 4.87. The van der Waals surface area contributed by atoms with Crippen LogP contribution in [0.15, 0.2) is 30.3 Å². The number of hydrogen-bond donors (Lipinski definition) is 0. The predicted octanol–water partition coefficient (Wildman–Crippen LogP) is 3.10. The maximum absolute atomic E-state index is 12.9. The lowest BCUT2D eigenvalue weighted by molar-refractivity contribution is -0.501. The van der Waals surface area contributed by atoms with Crippen molar-refractivity contribution in [1.29, 1.82) is 0 Å². The first-order valence-electron chi connectivity index (χ1n) is 8.46. The van der Waals surface area contributed by atoms with Crippen LogP contribution in [0.1, 0.15) is 53.0 Å². The minimum absolute atomic E-state index is 0.533. The quantitative estimate of drug-likeness (QED) is 0.353. The highest BCUT2D eigenvalue weighted by atomic mass is 16.6. The van der Waals surface area contributed by atoms with E-state index in [9.17, 15) is 19.7 Å². The van der Waals surface area contributed by atoms with Gasteiger partial charge in [-0.1, -0.05) is 30.3 Å². The van der Waals surface area contributed by atoms with E-state index in [2.05, 4.69) is 0 Å². The monoisotopic (exact) mass is 363 g/mol.